The number of ether oxygens (including phenoxy) is 1. The zero-order valence-electron chi connectivity index (χ0n) is 48.0. The van der Waals surface area contributed by atoms with Crippen LogP contribution in [0.1, 0.15) is 109 Å². The summed E-state index contributed by atoms with van der Waals surface area (Å²) in [6.45, 7) is 18.1. The molecule has 0 spiro atoms. The van der Waals surface area contributed by atoms with Gasteiger partial charge in [-0.3, -0.25) is 24.1 Å². The van der Waals surface area contributed by atoms with Crippen molar-refractivity contribution in [3.8, 4) is 16.2 Å². The number of para-hydroxylation sites is 1. The fraction of sp³-hybridized carbons (Fsp3) is 0.525. The maximum absolute atomic E-state index is 14.1. The number of aliphatic hydroxyl groups is 1. The molecule has 3 aromatic carbocycles. The Hall–Kier alpha value is -6.75. The maximum atomic E-state index is 14.1. The van der Waals surface area contributed by atoms with E-state index in [-0.39, 0.29) is 66.4 Å². The number of aryl methyl sites for hydroxylation is 2. The highest BCUT2D eigenvalue weighted by molar-refractivity contribution is 7.92. The molecule has 3 saturated heterocycles. The molecule has 5 heterocycles. The molecular formula is C59H80N12O8S2. The average molecular weight is 1150 g/mol. The third-order valence-electron chi connectivity index (χ3n) is 15.6. The number of carbonyl (C=O) groups is 4. The third kappa shape index (κ3) is 15.2. The Morgan fingerprint density at radius 3 is 2.15 bits per heavy atom. The van der Waals surface area contributed by atoms with Crippen molar-refractivity contribution < 1.29 is 37.4 Å². The molecule has 81 heavy (non-hydrogen) atoms. The van der Waals surface area contributed by atoms with Crippen molar-refractivity contribution in [1.29, 1.82) is 0 Å². The number of aliphatic hydroxyl groups excluding tert-OH is 1. The van der Waals surface area contributed by atoms with Crippen LogP contribution in [0.3, 0.4) is 0 Å². The molecule has 3 aliphatic heterocycles. The van der Waals surface area contributed by atoms with Gasteiger partial charge < -0.3 is 45.8 Å². The molecular weight excluding hydrogens is 1070 g/mol. The number of hydrogen-bond acceptors (Lipinski definition) is 17. The van der Waals surface area contributed by atoms with Gasteiger partial charge in [0, 0.05) is 89.4 Å². The van der Waals surface area contributed by atoms with Gasteiger partial charge in [0.05, 0.1) is 50.8 Å². The standard InChI is InChI=1S/C59H80N12O8S2/c1-38(2)81(77,78)50-16-14-13-15-45(50)64-57-61-36-62-58(67-57)65-46-31-39(3)47(33-49(46)79-8)69-25-23-43(24-26-69)68-27-29-70(30-28-68)52(74)18-12-10-9-11-17-51(73)66-54(59(5,6)7)56(76)71-35-44(72)32-48(71)55(75)60-34-41-19-21-42(22-20-41)53-40(4)63-37-80-53/h13-16,19-22,31,33,36-38,43-44,48,54,72H,9-12,17-18,23-30,32,34-35H2,1-8H3,(H,60,75)(H,66,73)(H2,61,62,64,65,67)/t44-,48+,54-/m1/s1. The van der Waals surface area contributed by atoms with Gasteiger partial charge in [-0.15, -0.1) is 11.3 Å². The number of thiazole rings is 1. The molecule has 20 nitrogen and oxygen atoms in total. The van der Waals surface area contributed by atoms with Crippen molar-refractivity contribution in [2.24, 2.45) is 5.41 Å². The molecule has 2 aromatic heterocycles. The minimum atomic E-state index is -3.56. The van der Waals surface area contributed by atoms with Crippen LogP contribution in [0, 0.1) is 19.3 Å². The second kappa shape index (κ2) is 26.9. The van der Waals surface area contributed by atoms with Crippen LogP contribution in [-0.4, -0.2) is 154 Å². The molecule has 3 atom stereocenters. The predicted molar refractivity (Wildman–Crippen MR) is 316 cm³/mol. The molecule has 3 fully saturated rings. The van der Waals surface area contributed by atoms with Crippen LogP contribution in [0.15, 0.2) is 77.4 Å². The minimum Gasteiger partial charge on any atom is -0.494 e. The number of β-amino-alcohol motifs (C(OH)–C–C–N with tert-alkyl or cyclic N) is 1. The van der Waals surface area contributed by atoms with Gasteiger partial charge in [-0.05, 0) is 93.7 Å². The highest BCUT2D eigenvalue weighted by Gasteiger charge is 2.44. The van der Waals surface area contributed by atoms with Crippen LogP contribution >= 0.6 is 11.3 Å². The van der Waals surface area contributed by atoms with Gasteiger partial charge in [0.25, 0.3) is 0 Å². The number of hydrogen-bond donors (Lipinski definition) is 5. The number of amides is 4. The summed E-state index contributed by atoms with van der Waals surface area (Å²) in [7, 11) is -1.93. The number of piperidine rings is 1. The Labute approximate surface area is 480 Å². The Morgan fingerprint density at radius 2 is 1.51 bits per heavy atom. The van der Waals surface area contributed by atoms with Gasteiger partial charge in [-0.1, -0.05) is 70.0 Å². The zero-order chi connectivity index (χ0) is 58.0. The highest BCUT2D eigenvalue weighted by Crippen LogP contribution is 2.37. The minimum absolute atomic E-state index is 0.00898. The first-order chi connectivity index (χ1) is 38.7. The number of piperazine rings is 1. The second-order valence-corrected chi connectivity index (χ2v) is 26.1. The molecule has 5 aromatic rings. The number of sulfone groups is 1. The lowest BCUT2D eigenvalue weighted by molar-refractivity contribution is -0.144. The molecule has 0 radical (unpaired) electrons. The van der Waals surface area contributed by atoms with Gasteiger partial charge in [0.1, 0.15) is 24.2 Å². The summed E-state index contributed by atoms with van der Waals surface area (Å²) >= 11 is 1.58. The van der Waals surface area contributed by atoms with Gasteiger partial charge in [-0.2, -0.15) is 4.98 Å². The van der Waals surface area contributed by atoms with Crippen LogP contribution in [0.25, 0.3) is 10.4 Å². The summed E-state index contributed by atoms with van der Waals surface area (Å²) in [4.78, 5) is 81.3. The van der Waals surface area contributed by atoms with Gasteiger partial charge in [0.15, 0.2) is 9.84 Å². The Kier molecular flexibility index (Phi) is 20.0. The van der Waals surface area contributed by atoms with Crippen molar-refractivity contribution in [2.75, 3.05) is 68.5 Å². The number of carbonyl (C=O) groups excluding carboxylic acids is 4. The highest BCUT2D eigenvalue weighted by atomic mass is 32.2. The van der Waals surface area contributed by atoms with E-state index in [9.17, 15) is 32.7 Å². The van der Waals surface area contributed by atoms with Crippen molar-refractivity contribution in [1.82, 2.24) is 45.3 Å². The predicted octanol–water partition coefficient (Wildman–Crippen LogP) is 7.55. The number of methoxy groups -OCH3 is 1. The Bertz CT molecular complexity index is 3100. The number of nitrogens with one attached hydrogen (secondary N) is 4. The summed E-state index contributed by atoms with van der Waals surface area (Å²) in [5.41, 5.74) is 7.29. The lowest BCUT2D eigenvalue weighted by Crippen LogP contribution is -2.57. The number of anilines is 5. The van der Waals surface area contributed by atoms with Crippen LogP contribution in [-0.2, 0) is 35.6 Å². The maximum Gasteiger partial charge on any atom is 0.246 e. The van der Waals surface area contributed by atoms with Crippen LogP contribution in [0.2, 0.25) is 0 Å². The lowest BCUT2D eigenvalue weighted by atomic mass is 9.85. The van der Waals surface area contributed by atoms with Gasteiger partial charge in [-0.25, -0.2) is 23.4 Å². The first-order valence-electron chi connectivity index (χ1n) is 28.3. The normalized spacial score (nSPS) is 17.7. The number of rotatable bonds is 22. The average Bonchev–Trinajstić information content (AvgIpc) is 4.28. The summed E-state index contributed by atoms with van der Waals surface area (Å²) in [6.07, 6.45) is 6.25. The largest absolute Gasteiger partial charge is 0.494 e. The molecule has 5 N–H and O–H groups in total. The van der Waals surface area contributed by atoms with Crippen molar-refractivity contribution in [2.45, 2.75) is 147 Å². The number of likely N-dealkylation sites (tertiary alicyclic amines) is 1. The van der Waals surface area contributed by atoms with Crippen LogP contribution < -0.4 is 30.9 Å². The SMILES string of the molecule is COc1cc(N2CCC(N3CCN(C(=O)CCCCCCC(=O)N[C@H](C(=O)N4C[C@H](O)C[C@H]4C(=O)NCc4ccc(-c5scnc5C)cc4)C(C)(C)C)CC3)CC2)c(C)cc1Nc1ncnc(Nc2ccccc2S(=O)(=O)C(C)C)n1. The van der Waals surface area contributed by atoms with Gasteiger partial charge in [0.2, 0.25) is 35.5 Å². The van der Waals surface area contributed by atoms with Crippen LogP contribution in [0.4, 0.5) is 29.0 Å². The van der Waals surface area contributed by atoms with E-state index in [0.29, 0.717) is 49.1 Å². The quantitative estimate of drug-likeness (QED) is 0.0420. The topological polar surface area (TPSA) is 245 Å². The molecule has 0 unspecified atom stereocenters. The van der Waals surface area contributed by atoms with E-state index in [0.717, 1.165) is 91.2 Å². The third-order valence-corrected chi connectivity index (χ3v) is 18.8. The Morgan fingerprint density at radius 1 is 0.840 bits per heavy atom. The number of aromatic nitrogens is 4. The van der Waals surface area contributed by atoms with E-state index in [4.69, 9.17) is 4.74 Å². The van der Waals surface area contributed by atoms with E-state index in [2.05, 4.69) is 57.9 Å². The fourth-order valence-corrected chi connectivity index (χ4v) is 12.9. The van der Waals surface area contributed by atoms with Crippen molar-refractivity contribution >= 4 is 73.8 Å². The van der Waals surface area contributed by atoms with E-state index in [1.54, 1.807) is 56.6 Å². The van der Waals surface area contributed by atoms with E-state index < -0.39 is 38.7 Å². The summed E-state index contributed by atoms with van der Waals surface area (Å²) in [5.74, 6) is 0.262. The number of unbranched alkanes of at least 4 members (excludes halogenated alkanes) is 3. The van der Waals surface area contributed by atoms with Crippen molar-refractivity contribution in [3.05, 3.63) is 89.3 Å². The lowest BCUT2D eigenvalue weighted by Gasteiger charge is -2.43. The smallest absolute Gasteiger partial charge is 0.246 e. The number of benzene rings is 3. The zero-order valence-corrected chi connectivity index (χ0v) is 49.7. The molecule has 8 rings (SSSR count). The van der Waals surface area contributed by atoms with Gasteiger partial charge >= 0.3 is 0 Å². The number of nitrogens with zero attached hydrogens (tertiary/aromatic N) is 8. The summed E-state index contributed by atoms with van der Waals surface area (Å²) < 4.78 is 31.9. The van der Waals surface area contributed by atoms with Crippen molar-refractivity contribution in [3.63, 3.8) is 0 Å². The molecule has 436 valence electrons. The summed E-state index contributed by atoms with van der Waals surface area (Å²) in [6, 6.07) is 17.3. The molecule has 4 amide bonds. The summed E-state index contributed by atoms with van der Waals surface area (Å²) in [5, 5.41) is 22.3. The Balaban J connectivity index is 0.726. The first-order valence-corrected chi connectivity index (χ1v) is 30.7. The molecule has 22 heteroatoms. The molecule has 0 bridgehead atoms. The van der Waals surface area contributed by atoms with E-state index in [1.165, 1.54) is 11.2 Å². The molecule has 0 aliphatic carbocycles. The van der Waals surface area contributed by atoms with E-state index >= 15 is 0 Å². The molecule has 0 saturated carbocycles. The van der Waals surface area contributed by atoms with Crippen LogP contribution in [0.5, 0.6) is 5.75 Å². The van der Waals surface area contributed by atoms with E-state index in [1.807, 2.05) is 74.5 Å². The monoisotopic (exact) mass is 1150 g/mol. The second-order valence-electron chi connectivity index (χ2n) is 22.8. The first kappa shape index (κ1) is 60.3. The fourth-order valence-electron chi connectivity index (χ4n) is 10.9. The molecule has 3 aliphatic rings.